The summed E-state index contributed by atoms with van der Waals surface area (Å²) in [6.07, 6.45) is -0.281. The fraction of sp³-hybridized carbons (Fsp3) is 0.400. The smallest absolute Gasteiger partial charge is 0.474 e. The van der Waals surface area contributed by atoms with Crippen molar-refractivity contribution in [3.63, 3.8) is 0 Å². The Morgan fingerprint density at radius 1 is 1.24 bits per heavy atom. The first-order valence-electron chi connectivity index (χ1n) is 4.81. The van der Waals surface area contributed by atoms with Crippen molar-refractivity contribution in [1.29, 1.82) is 0 Å². The highest BCUT2D eigenvalue weighted by molar-refractivity contribution is 7.92. The maximum Gasteiger partial charge on any atom is 0.501 e. The van der Waals surface area contributed by atoms with Gasteiger partial charge in [-0.3, -0.25) is 0 Å². The van der Waals surface area contributed by atoms with Gasteiger partial charge in [-0.2, -0.15) is 13.2 Å². The highest BCUT2D eigenvalue weighted by Crippen LogP contribution is 2.29. The summed E-state index contributed by atoms with van der Waals surface area (Å²) in [6, 6.07) is 7.53. The minimum absolute atomic E-state index is 0.0900. The van der Waals surface area contributed by atoms with E-state index in [1.165, 1.54) is 19.1 Å². The summed E-state index contributed by atoms with van der Waals surface area (Å²) in [6.45, 7) is 1.32. The van der Waals surface area contributed by atoms with Crippen molar-refractivity contribution in [1.82, 2.24) is 0 Å². The summed E-state index contributed by atoms with van der Waals surface area (Å²) in [7, 11) is -5.31. The predicted molar refractivity (Wildman–Crippen MR) is 56.1 cm³/mol. The molecule has 0 bridgehead atoms. The highest BCUT2D eigenvalue weighted by Gasteiger charge is 2.51. The summed E-state index contributed by atoms with van der Waals surface area (Å²) in [5.41, 5.74) is -7.22. The SMILES string of the molecule is CCC(Oc1ccccc1)S(=O)(=O)C(F)(F)F. The molecule has 0 saturated heterocycles. The second-order valence-corrected chi connectivity index (χ2v) is 5.34. The minimum Gasteiger partial charge on any atom is -0.474 e. The van der Waals surface area contributed by atoms with E-state index in [1.807, 2.05) is 0 Å². The van der Waals surface area contributed by atoms with Crippen LogP contribution in [0.3, 0.4) is 0 Å². The molecule has 96 valence electrons. The Kier molecular flexibility index (Phi) is 4.03. The normalized spacial score (nSPS) is 14.4. The standard InChI is InChI=1S/C10H11F3O3S/c1-2-9(17(14,15)10(11,12)13)16-8-6-4-3-5-7-8/h3-7,9H,2H2,1H3. The Bertz CT molecular complexity index is 453. The van der Waals surface area contributed by atoms with Crippen LogP contribution in [0.1, 0.15) is 13.3 Å². The molecular weight excluding hydrogens is 257 g/mol. The van der Waals surface area contributed by atoms with Gasteiger partial charge in [-0.05, 0) is 18.6 Å². The quantitative estimate of drug-likeness (QED) is 0.843. The number of hydrogen-bond donors (Lipinski definition) is 0. The van der Waals surface area contributed by atoms with Gasteiger partial charge in [0.05, 0.1) is 0 Å². The molecule has 1 rings (SSSR count). The number of halogens is 3. The molecule has 0 aliphatic heterocycles. The van der Waals surface area contributed by atoms with Gasteiger partial charge in [0.15, 0.2) is 0 Å². The third-order valence-corrected chi connectivity index (χ3v) is 3.78. The van der Waals surface area contributed by atoms with Crippen LogP contribution in [-0.4, -0.2) is 19.4 Å². The maximum absolute atomic E-state index is 12.3. The second kappa shape index (κ2) is 4.95. The molecule has 0 spiro atoms. The lowest BCUT2D eigenvalue weighted by atomic mass is 10.3. The van der Waals surface area contributed by atoms with Crippen molar-refractivity contribution in [3.8, 4) is 5.75 Å². The molecule has 0 fully saturated rings. The summed E-state index contributed by atoms with van der Waals surface area (Å²) >= 11 is 0. The Labute approximate surface area is 97.1 Å². The van der Waals surface area contributed by atoms with Gasteiger partial charge in [0.2, 0.25) is 5.44 Å². The van der Waals surface area contributed by atoms with Gasteiger partial charge in [0.1, 0.15) is 5.75 Å². The van der Waals surface area contributed by atoms with E-state index in [9.17, 15) is 21.6 Å². The Hall–Kier alpha value is -1.24. The fourth-order valence-electron chi connectivity index (χ4n) is 1.17. The number of alkyl halides is 3. The van der Waals surface area contributed by atoms with Gasteiger partial charge in [-0.25, -0.2) is 8.42 Å². The van der Waals surface area contributed by atoms with Gasteiger partial charge in [-0.15, -0.1) is 0 Å². The van der Waals surface area contributed by atoms with Gasteiger partial charge in [-0.1, -0.05) is 25.1 Å². The van der Waals surface area contributed by atoms with Crippen molar-refractivity contribution >= 4 is 9.84 Å². The fourth-order valence-corrected chi connectivity index (χ4v) is 2.14. The van der Waals surface area contributed by atoms with Gasteiger partial charge >= 0.3 is 5.51 Å². The molecule has 1 atom stereocenters. The van der Waals surface area contributed by atoms with Gasteiger partial charge < -0.3 is 4.74 Å². The van der Waals surface area contributed by atoms with Crippen LogP contribution in [-0.2, 0) is 9.84 Å². The number of benzene rings is 1. The lowest BCUT2D eigenvalue weighted by Gasteiger charge is -2.19. The van der Waals surface area contributed by atoms with Crippen LogP contribution < -0.4 is 4.74 Å². The van der Waals surface area contributed by atoms with Crippen LogP contribution in [0, 0.1) is 0 Å². The van der Waals surface area contributed by atoms with Crippen LogP contribution >= 0.6 is 0 Å². The molecule has 7 heteroatoms. The molecule has 3 nitrogen and oxygen atoms in total. The van der Waals surface area contributed by atoms with Crippen molar-refractivity contribution < 1.29 is 26.3 Å². The zero-order chi connectivity index (χ0) is 13.1. The number of hydrogen-bond acceptors (Lipinski definition) is 3. The highest BCUT2D eigenvalue weighted by atomic mass is 32.2. The van der Waals surface area contributed by atoms with Crippen LogP contribution in [0.15, 0.2) is 30.3 Å². The van der Waals surface area contributed by atoms with Crippen LogP contribution in [0.25, 0.3) is 0 Å². The van der Waals surface area contributed by atoms with Crippen LogP contribution in [0.5, 0.6) is 5.75 Å². The zero-order valence-corrected chi connectivity index (χ0v) is 9.75. The molecular formula is C10H11F3O3S. The average Bonchev–Trinajstić information content (AvgIpc) is 2.25. The molecule has 1 aromatic carbocycles. The summed E-state index contributed by atoms with van der Waals surface area (Å²) < 4.78 is 64.0. The van der Waals surface area contributed by atoms with Crippen molar-refractivity contribution in [3.05, 3.63) is 30.3 Å². The third-order valence-electron chi connectivity index (χ3n) is 2.01. The third kappa shape index (κ3) is 3.12. The molecule has 17 heavy (non-hydrogen) atoms. The molecule has 0 saturated carbocycles. The van der Waals surface area contributed by atoms with E-state index in [4.69, 9.17) is 4.74 Å². The maximum atomic E-state index is 12.3. The van der Waals surface area contributed by atoms with Gasteiger partial charge in [0.25, 0.3) is 9.84 Å². The molecule has 0 aromatic heterocycles. The monoisotopic (exact) mass is 268 g/mol. The van der Waals surface area contributed by atoms with E-state index in [2.05, 4.69) is 0 Å². The molecule has 0 heterocycles. The number of sulfone groups is 1. The molecule has 0 aliphatic rings. The first-order chi connectivity index (χ1) is 7.79. The summed E-state index contributed by atoms with van der Waals surface area (Å²) in [5, 5.41) is 0. The Balaban J connectivity index is 2.95. The average molecular weight is 268 g/mol. The van der Waals surface area contributed by atoms with Crippen LogP contribution in [0.4, 0.5) is 13.2 Å². The predicted octanol–water partition coefficient (Wildman–Crippen LogP) is 2.74. The molecule has 1 aromatic rings. The lowest BCUT2D eigenvalue weighted by Crippen LogP contribution is -2.37. The number of rotatable bonds is 4. The van der Waals surface area contributed by atoms with E-state index in [1.54, 1.807) is 18.2 Å². The molecule has 0 N–H and O–H groups in total. The number of ether oxygens (including phenoxy) is 1. The van der Waals surface area contributed by atoms with E-state index >= 15 is 0 Å². The Morgan fingerprint density at radius 2 is 1.76 bits per heavy atom. The van der Waals surface area contributed by atoms with Crippen molar-refractivity contribution in [2.75, 3.05) is 0 Å². The zero-order valence-electron chi connectivity index (χ0n) is 8.94. The largest absolute Gasteiger partial charge is 0.501 e. The molecule has 0 radical (unpaired) electrons. The second-order valence-electron chi connectivity index (χ2n) is 3.26. The first kappa shape index (κ1) is 13.8. The van der Waals surface area contributed by atoms with Gasteiger partial charge in [0, 0.05) is 0 Å². The molecule has 0 aliphatic carbocycles. The molecule has 1 unspecified atom stereocenters. The minimum atomic E-state index is -5.31. The molecule has 0 amide bonds. The lowest BCUT2D eigenvalue weighted by molar-refractivity contribution is -0.0470. The first-order valence-corrected chi connectivity index (χ1v) is 6.35. The van der Waals surface area contributed by atoms with E-state index in [-0.39, 0.29) is 12.2 Å². The number of para-hydroxylation sites is 1. The summed E-state index contributed by atoms with van der Waals surface area (Å²) in [5.74, 6) is 0.0900. The van der Waals surface area contributed by atoms with E-state index in [0.717, 1.165) is 0 Å². The van der Waals surface area contributed by atoms with E-state index in [0.29, 0.717) is 0 Å². The topological polar surface area (TPSA) is 43.4 Å². The Morgan fingerprint density at radius 3 is 2.18 bits per heavy atom. The van der Waals surface area contributed by atoms with Crippen molar-refractivity contribution in [2.45, 2.75) is 24.3 Å². The van der Waals surface area contributed by atoms with Crippen LogP contribution in [0.2, 0.25) is 0 Å². The summed E-state index contributed by atoms with van der Waals surface area (Å²) in [4.78, 5) is 0. The van der Waals surface area contributed by atoms with E-state index < -0.39 is 20.8 Å². The van der Waals surface area contributed by atoms with Crippen molar-refractivity contribution in [2.24, 2.45) is 0 Å².